The number of carbonyl (C=O) groups is 1. The molecule has 5 nitrogen and oxygen atoms in total. The highest BCUT2D eigenvalue weighted by atomic mass is 16.1. The van der Waals surface area contributed by atoms with Crippen LogP contribution in [0.1, 0.15) is 23.2 Å². The zero-order valence-electron chi connectivity index (χ0n) is 14.3. The number of fused-ring (bicyclic) bond motifs is 1. The van der Waals surface area contributed by atoms with Gasteiger partial charge < -0.3 is 10.2 Å². The molecule has 0 fully saturated rings. The highest BCUT2D eigenvalue weighted by Gasteiger charge is 2.25. The molecule has 1 aliphatic rings. The van der Waals surface area contributed by atoms with Gasteiger partial charge in [0.15, 0.2) is 0 Å². The van der Waals surface area contributed by atoms with E-state index in [1.807, 2.05) is 18.3 Å². The normalized spacial score (nSPS) is 16.7. The molecule has 1 amide bonds. The minimum atomic E-state index is -0.00285. The van der Waals surface area contributed by atoms with Crippen molar-refractivity contribution in [2.45, 2.75) is 25.7 Å². The van der Waals surface area contributed by atoms with Crippen LogP contribution in [0.2, 0.25) is 0 Å². The van der Waals surface area contributed by atoms with Gasteiger partial charge >= 0.3 is 0 Å². The summed E-state index contributed by atoms with van der Waals surface area (Å²) in [7, 11) is 4.14. The van der Waals surface area contributed by atoms with Crippen LogP contribution < -0.4 is 5.32 Å². The molecule has 1 aromatic heterocycles. The van der Waals surface area contributed by atoms with E-state index in [1.165, 1.54) is 5.56 Å². The topological polar surface area (TPSA) is 58.1 Å². The Hall–Kier alpha value is -2.27. The molecule has 1 aliphatic carbocycles. The third-order valence-electron chi connectivity index (χ3n) is 4.52. The second kappa shape index (κ2) is 7.53. The lowest BCUT2D eigenvalue weighted by Gasteiger charge is -2.22. The molecule has 0 saturated carbocycles. The average molecular weight is 324 g/mol. The number of nitrogens with one attached hydrogen (secondary N) is 1. The van der Waals surface area contributed by atoms with E-state index in [9.17, 15) is 4.79 Å². The van der Waals surface area contributed by atoms with E-state index in [4.69, 9.17) is 0 Å². The van der Waals surface area contributed by atoms with Crippen LogP contribution in [-0.2, 0) is 24.1 Å². The second-order valence-electron chi connectivity index (χ2n) is 6.67. The number of benzene rings is 1. The van der Waals surface area contributed by atoms with Crippen LogP contribution in [0.3, 0.4) is 0 Å². The molecular weight excluding hydrogens is 300 g/mol. The van der Waals surface area contributed by atoms with Crippen LogP contribution >= 0.6 is 0 Å². The summed E-state index contributed by atoms with van der Waals surface area (Å²) in [6.45, 7) is 1.02. The Kier molecular flexibility index (Phi) is 5.20. The lowest BCUT2D eigenvalue weighted by molar-refractivity contribution is -0.120. The first-order valence-electron chi connectivity index (χ1n) is 8.44. The Labute approximate surface area is 143 Å². The molecule has 1 unspecified atom stereocenters. The molecule has 3 rings (SSSR count). The zero-order valence-corrected chi connectivity index (χ0v) is 14.3. The third-order valence-corrected chi connectivity index (χ3v) is 4.52. The number of aryl methyl sites for hydroxylation is 1. The van der Waals surface area contributed by atoms with E-state index in [-0.39, 0.29) is 11.8 Å². The molecule has 1 aromatic carbocycles. The van der Waals surface area contributed by atoms with Crippen molar-refractivity contribution in [3.8, 4) is 0 Å². The van der Waals surface area contributed by atoms with Crippen molar-refractivity contribution in [1.82, 2.24) is 14.9 Å². The van der Waals surface area contributed by atoms with Gasteiger partial charge in [0.1, 0.15) is 6.33 Å². The van der Waals surface area contributed by atoms with Crippen molar-refractivity contribution in [2.75, 3.05) is 26.0 Å². The first-order chi connectivity index (χ1) is 11.6. The van der Waals surface area contributed by atoms with Gasteiger partial charge in [-0.05, 0) is 63.0 Å². The Morgan fingerprint density at radius 2 is 2.08 bits per heavy atom. The fourth-order valence-electron chi connectivity index (χ4n) is 3.03. The van der Waals surface area contributed by atoms with E-state index in [0.29, 0.717) is 0 Å². The quantitative estimate of drug-likeness (QED) is 0.917. The summed E-state index contributed by atoms with van der Waals surface area (Å²) in [6, 6.07) is 8.15. The van der Waals surface area contributed by atoms with Gasteiger partial charge in [0.25, 0.3) is 0 Å². The summed E-state index contributed by atoms with van der Waals surface area (Å²) in [5.41, 5.74) is 4.33. The van der Waals surface area contributed by atoms with E-state index in [1.54, 1.807) is 6.33 Å². The molecule has 0 aliphatic heterocycles. The summed E-state index contributed by atoms with van der Waals surface area (Å²) in [5, 5.41) is 3.04. The minimum absolute atomic E-state index is 0.00285. The van der Waals surface area contributed by atoms with Crippen molar-refractivity contribution in [2.24, 2.45) is 5.92 Å². The maximum atomic E-state index is 12.5. The predicted molar refractivity (Wildman–Crippen MR) is 94.9 cm³/mol. The molecule has 0 saturated heterocycles. The Bertz CT molecular complexity index is 697. The van der Waals surface area contributed by atoms with Crippen LogP contribution in [0, 0.1) is 5.92 Å². The lowest BCUT2D eigenvalue weighted by Crippen LogP contribution is -2.28. The van der Waals surface area contributed by atoms with Gasteiger partial charge in [-0.1, -0.05) is 12.1 Å². The van der Waals surface area contributed by atoms with E-state index < -0.39 is 0 Å². The number of anilines is 1. The summed E-state index contributed by atoms with van der Waals surface area (Å²) < 4.78 is 0. The Balaban J connectivity index is 1.57. The highest BCUT2D eigenvalue weighted by molar-refractivity contribution is 5.92. The SMILES string of the molecule is CN(C)CCc1ccc(NC(=O)C2CCc3ncncc3C2)cc1. The number of carbonyl (C=O) groups excluding carboxylic acids is 1. The molecule has 24 heavy (non-hydrogen) atoms. The van der Waals surface area contributed by atoms with Crippen molar-refractivity contribution >= 4 is 11.6 Å². The van der Waals surface area contributed by atoms with Gasteiger partial charge in [0.05, 0.1) is 0 Å². The second-order valence-corrected chi connectivity index (χ2v) is 6.67. The number of rotatable bonds is 5. The van der Waals surface area contributed by atoms with Crippen molar-refractivity contribution in [3.05, 3.63) is 53.6 Å². The zero-order chi connectivity index (χ0) is 16.9. The number of aromatic nitrogens is 2. The number of likely N-dealkylation sites (N-methyl/N-ethyl adjacent to an activating group) is 1. The van der Waals surface area contributed by atoms with Crippen molar-refractivity contribution < 1.29 is 4.79 Å². The summed E-state index contributed by atoms with van der Waals surface area (Å²) in [4.78, 5) is 23.0. The molecule has 2 aromatic rings. The number of nitrogens with zero attached hydrogens (tertiary/aromatic N) is 3. The molecule has 0 spiro atoms. The maximum absolute atomic E-state index is 12.5. The van der Waals surface area contributed by atoms with Gasteiger partial charge in [-0.3, -0.25) is 4.79 Å². The number of hydrogen-bond donors (Lipinski definition) is 1. The van der Waals surface area contributed by atoms with Crippen molar-refractivity contribution in [3.63, 3.8) is 0 Å². The lowest BCUT2D eigenvalue weighted by atomic mass is 9.86. The molecule has 0 radical (unpaired) electrons. The van der Waals surface area contributed by atoms with Crippen LogP contribution in [0.15, 0.2) is 36.8 Å². The third kappa shape index (κ3) is 4.17. The molecule has 5 heteroatoms. The van der Waals surface area contributed by atoms with Crippen LogP contribution in [0.4, 0.5) is 5.69 Å². The van der Waals surface area contributed by atoms with Crippen LogP contribution in [0.25, 0.3) is 0 Å². The smallest absolute Gasteiger partial charge is 0.227 e. The van der Waals surface area contributed by atoms with E-state index in [2.05, 4.69) is 46.4 Å². The highest BCUT2D eigenvalue weighted by Crippen LogP contribution is 2.24. The fourth-order valence-corrected chi connectivity index (χ4v) is 3.03. The maximum Gasteiger partial charge on any atom is 0.227 e. The summed E-state index contributed by atoms with van der Waals surface area (Å²) in [5.74, 6) is 0.0856. The van der Waals surface area contributed by atoms with Crippen LogP contribution in [0.5, 0.6) is 0 Å². The van der Waals surface area contributed by atoms with Gasteiger partial charge in [0, 0.05) is 30.0 Å². The molecule has 1 atom stereocenters. The van der Waals surface area contributed by atoms with Crippen molar-refractivity contribution in [1.29, 1.82) is 0 Å². The fraction of sp³-hybridized carbons (Fsp3) is 0.421. The Morgan fingerprint density at radius 1 is 1.29 bits per heavy atom. The molecule has 0 bridgehead atoms. The van der Waals surface area contributed by atoms with Gasteiger partial charge in [0.2, 0.25) is 5.91 Å². The van der Waals surface area contributed by atoms with E-state index in [0.717, 1.165) is 49.2 Å². The van der Waals surface area contributed by atoms with E-state index >= 15 is 0 Å². The number of amides is 1. The minimum Gasteiger partial charge on any atom is -0.326 e. The number of hydrogen-bond acceptors (Lipinski definition) is 4. The standard InChI is InChI=1S/C19H24N4O/c1-23(2)10-9-14-3-6-17(7-4-14)22-19(24)15-5-8-18-16(11-15)12-20-13-21-18/h3-4,6-7,12-13,15H,5,8-11H2,1-2H3,(H,22,24). The predicted octanol–water partition coefficient (Wildman–Crippen LogP) is 2.32. The monoisotopic (exact) mass is 324 g/mol. The molecular formula is C19H24N4O. The molecule has 1 N–H and O–H groups in total. The summed E-state index contributed by atoms with van der Waals surface area (Å²) in [6.07, 6.45) is 6.85. The molecule has 126 valence electrons. The average Bonchev–Trinajstić information content (AvgIpc) is 2.60. The summed E-state index contributed by atoms with van der Waals surface area (Å²) >= 11 is 0. The van der Waals surface area contributed by atoms with Gasteiger partial charge in [-0.15, -0.1) is 0 Å². The van der Waals surface area contributed by atoms with Crippen LogP contribution in [-0.4, -0.2) is 41.4 Å². The first kappa shape index (κ1) is 16.6. The van der Waals surface area contributed by atoms with Gasteiger partial charge in [-0.2, -0.15) is 0 Å². The van der Waals surface area contributed by atoms with Gasteiger partial charge in [-0.25, -0.2) is 9.97 Å². The largest absolute Gasteiger partial charge is 0.326 e. The Morgan fingerprint density at radius 3 is 2.83 bits per heavy atom. The first-order valence-corrected chi connectivity index (χ1v) is 8.44. The molecule has 1 heterocycles.